The first-order chi connectivity index (χ1) is 7.52. The van der Waals surface area contributed by atoms with Gasteiger partial charge in [-0.2, -0.15) is 0 Å². The van der Waals surface area contributed by atoms with E-state index in [1.807, 2.05) is 0 Å². The lowest BCUT2D eigenvalue weighted by Crippen LogP contribution is -2.54. The van der Waals surface area contributed by atoms with Crippen molar-refractivity contribution >= 4 is 0 Å². The molecule has 0 radical (unpaired) electrons. The van der Waals surface area contributed by atoms with Crippen LogP contribution in [0, 0.1) is 5.92 Å². The molecule has 0 atom stereocenters. The van der Waals surface area contributed by atoms with Crippen molar-refractivity contribution < 1.29 is 4.74 Å². The fourth-order valence-electron chi connectivity index (χ4n) is 2.03. The van der Waals surface area contributed by atoms with Gasteiger partial charge in [-0.25, -0.2) is 0 Å². The second-order valence-electron chi connectivity index (χ2n) is 5.78. The normalized spacial score (nSPS) is 21.6. The summed E-state index contributed by atoms with van der Waals surface area (Å²) < 4.78 is 5.51. The van der Waals surface area contributed by atoms with Gasteiger partial charge >= 0.3 is 0 Å². The van der Waals surface area contributed by atoms with Gasteiger partial charge in [0.15, 0.2) is 0 Å². The van der Waals surface area contributed by atoms with Gasteiger partial charge in [0.1, 0.15) is 0 Å². The summed E-state index contributed by atoms with van der Waals surface area (Å²) in [5.74, 6) is 0.798. The lowest BCUT2D eigenvalue weighted by Gasteiger charge is -2.42. The molecule has 0 aromatic heterocycles. The van der Waals surface area contributed by atoms with E-state index in [9.17, 15) is 0 Å². The molecule has 1 rings (SSSR count). The maximum absolute atomic E-state index is 5.51. The third-order valence-electron chi connectivity index (χ3n) is 3.27. The van der Waals surface area contributed by atoms with Crippen molar-refractivity contribution in [3.8, 4) is 0 Å². The molecular formula is C13H28N2O. The summed E-state index contributed by atoms with van der Waals surface area (Å²) in [4.78, 5) is 2.53. The average Bonchev–Trinajstić information content (AvgIpc) is 2.19. The molecule has 0 saturated carbocycles. The van der Waals surface area contributed by atoms with Crippen LogP contribution < -0.4 is 5.32 Å². The molecule has 1 N–H and O–H groups in total. The van der Waals surface area contributed by atoms with Gasteiger partial charge < -0.3 is 10.1 Å². The van der Waals surface area contributed by atoms with Crippen LogP contribution in [0.25, 0.3) is 0 Å². The first kappa shape index (κ1) is 13.9. The van der Waals surface area contributed by atoms with Crippen molar-refractivity contribution in [2.75, 3.05) is 39.4 Å². The number of nitrogens with zero attached hydrogens (tertiary/aromatic N) is 1. The van der Waals surface area contributed by atoms with Gasteiger partial charge in [0.25, 0.3) is 0 Å². The summed E-state index contributed by atoms with van der Waals surface area (Å²) in [6.07, 6.45) is 1.27. The van der Waals surface area contributed by atoms with Crippen molar-refractivity contribution in [3.05, 3.63) is 0 Å². The number of morpholine rings is 1. The van der Waals surface area contributed by atoms with Crippen LogP contribution in [0.15, 0.2) is 0 Å². The largest absolute Gasteiger partial charge is 0.378 e. The summed E-state index contributed by atoms with van der Waals surface area (Å²) >= 11 is 0. The third kappa shape index (κ3) is 4.81. The van der Waals surface area contributed by atoms with Crippen LogP contribution in [0.3, 0.4) is 0 Å². The molecule has 0 amide bonds. The molecule has 1 aliphatic rings. The molecule has 0 aromatic carbocycles. The monoisotopic (exact) mass is 228 g/mol. The van der Waals surface area contributed by atoms with Crippen LogP contribution in [0.1, 0.15) is 34.1 Å². The summed E-state index contributed by atoms with van der Waals surface area (Å²) in [6.45, 7) is 15.3. The maximum atomic E-state index is 5.51. The first-order valence-corrected chi connectivity index (χ1v) is 6.56. The van der Waals surface area contributed by atoms with Gasteiger partial charge in [-0.15, -0.1) is 0 Å². The number of ether oxygens (including phenoxy) is 1. The SMILES string of the molecule is CC(C)CCNCCN1CCOCC1(C)C. The van der Waals surface area contributed by atoms with E-state index in [-0.39, 0.29) is 5.54 Å². The lowest BCUT2D eigenvalue weighted by atomic mass is 10.0. The Kier molecular flexibility index (Phi) is 5.73. The highest BCUT2D eigenvalue weighted by atomic mass is 16.5. The molecule has 1 heterocycles. The minimum atomic E-state index is 0.206. The summed E-state index contributed by atoms with van der Waals surface area (Å²) in [5.41, 5.74) is 0.206. The van der Waals surface area contributed by atoms with Crippen molar-refractivity contribution in [2.24, 2.45) is 5.92 Å². The predicted octanol–water partition coefficient (Wildman–Crippen LogP) is 1.73. The molecule has 1 saturated heterocycles. The van der Waals surface area contributed by atoms with E-state index >= 15 is 0 Å². The lowest BCUT2D eigenvalue weighted by molar-refractivity contribution is -0.0500. The molecule has 0 spiro atoms. The van der Waals surface area contributed by atoms with Crippen LogP contribution in [0.4, 0.5) is 0 Å². The predicted molar refractivity (Wildman–Crippen MR) is 68.8 cm³/mol. The molecular weight excluding hydrogens is 200 g/mol. The Labute approximate surface area is 101 Å². The van der Waals surface area contributed by atoms with Crippen LogP contribution in [0.2, 0.25) is 0 Å². The van der Waals surface area contributed by atoms with Gasteiger partial charge in [-0.1, -0.05) is 13.8 Å². The molecule has 16 heavy (non-hydrogen) atoms. The zero-order chi connectivity index (χ0) is 12.0. The van der Waals surface area contributed by atoms with E-state index < -0.39 is 0 Å². The topological polar surface area (TPSA) is 24.5 Å². The smallest absolute Gasteiger partial charge is 0.0645 e. The quantitative estimate of drug-likeness (QED) is 0.701. The van der Waals surface area contributed by atoms with Crippen molar-refractivity contribution in [1.82, 2.24) is 10.2 Å². The van der Waals surface area contributed by atoms with Gasteiger partial charge in [0, 0.05) is 25.2 Å². The Morgan fingerprint density at radius 3 is 2.69 bits per heavy atom. The fraction of sp³-hybridized carbons (Fsp3) is 1.00. The molecule has 3 nitrogen and oxygen atoms in total. The number of rotatable bonds is 6. The highest BCUT2D eigenvalue weighted by Crippen LogP contribution is 2.17. The minimum absolute atomic E-state index is 0.206. The van der Waals surface area contributed by atoms with E-state index in [4.69, 9.17) is 4.74 Å². The Morgan fingerprint density at radius 2 is 2.06 bits per heavy atom. The molecule has 3 heteroatoms. The first-order valence-electron chi connectivity index (χ1n) is 6.56. The Balaban J connectivity index is 2.11. The molecule has 0 bridgehead atoms. The van der Waals surface area contributed by atoms with Crippen LogP contribution in [0.5, 0.6) is 0 Å². The minimum Gasteiger partial charge on any atom is -0.378 e. The summed E-state index contributed by atoms with van der Waals surface area (Å²) in [6, 6.07) is 0. The van der Waals surface area contributed by atoms with E-state index in [1.165, 1.54) is 6.42 Å². The van der Waals surface area contributed by atoms with Crippen molar-refractivity contribution in [2.45, 2.75) is 39.7 Å². The van der Waals surface area contributed by atoms with Crippen molar-refractivity contribution in [3.63, 3.8) is 0 Å². The number of nitrogens with one attached hydrogen (secondary N) is 1. The highest BCUT2D eigenvalue weighted by molar-refractivity contribution is 4.84. The molecule has 0 unspecified atom stereocenters. The van der Waals surface area contributed by atoms with E-state index in [0.29, 0.717) is 0 Å². The molecule has 1 aliphatic heterocycles. The Morgan fingerprint density at radius 1 is 1.31 bits per heavy atom. The average molecular weight is 228 g/mol. The third-order valence-corrected chi connectivity index (χ3v) is 3.27. The van der Waals surface area contributed by atoms with Crippen LogP contribution in [-0.4, -0.2) is 49.8 Å². The standard InChI is InChI=1S/C13H28N2O/c1-12(2)5-6-14-7-8-15-9-10-16-11-13(15,3)4/h12,14H,5-11H2,1-4H3. The fourth-order valence-corrected chi connectivity index (χ4v) is 2.03. The Hall–Kier alpha value is -0.120. The maximum Gasteiger partial charge on any atom is 0.0645 e. The molecule has 0 aliphatic carbocycles. The van der Waals surface area contributed by atoms with Gasteiger partial charge in [-0.05, 0) is 32.7 Å². The summed E-state index contributed by atoms with van der Waals surface area (Å²) in [5, 5.41) is 3.52. The van der Waals surface area contributed by atoms with E-state index in [2.05, 4.69) is 37.9 Å². The van der Waals surface area contributed by atoms with Crippen molar-refractivity contribution in [1.29, 1.82) is 0 Å². The zero-order valence-electron chi connectivity index (χ0n) is 11.4. The van der Waals surface area contributed by atoms with E-state index in [0.717, 1.165) is 45.3 Å². The summed E-state index contributed by atoms with van der Waals surface area (Å²) in [7, 11) is 0. The molecule has 0 aromatic rings. The zero-order valence-corrected chi connectivity index (χ0v) is 11.4. The second kappa shape index (κ2) is 6.58. The van der Waals surface area contributed by atoms with Gasteiger partial charge in [0.05, 0.1) is 13.2 Å². The Bertz CT molecular complexity index is 192. The van der Waals surface area contributed by atoms with Crippen LogP contribution in [-0.2, 0) is 4.74 Å². The number of hydrogen-bond donors (Lipinski definition) is 1. The molecule has 1 fully saturated rings. The van der Waals surface area contributed by atoms with Crippen LogP contribution >= 0.6 is 0 Å². The highest BCUT2D eigenvalue weighted by Gasteiger charge is 2.29. The van der Waals surface area contributed by atoms with Gasteiger partial charge in [-0.3, -0.25) is 4.90 Å². The number of hydrogen-bond acceptors (Lipinski definition) is 3. The molecule has 96 valence electrons. The van der Waals surface area contributed by atoms with E-state index in [1.54, 1.807) is 0 Å². The second-order valence-corrected chi connectivity index (χ2v) is 5.78. The van der Waals surface area contributed by atoms with Gasteiger partial charge in [0.2, 0.25) is 0 Å².